The fourth-order valence-electron chi connectivity index (χ4n) is 2.88. The van der Waals surface area contributed by atoms with E-state index in [2.05, 4.69) is 10.3 Å². The van der Waals surface area contributed by atoms with Crippen LogP contribution >= 0.6 is 11.8 Å². The largest absolute Gasteiger partial charge is 0.324 e. The number of nitrogens with zero attached hydrogens (tertiary/aromatic N) is 2. The number of nitrogens with one attached hydrogen (secondary N) is 1. The van der Waals surface area contributed by atoms with Gasteiger partial charge in [0.25, 0.3) is 0 Å². The fourth-order valence-corrected chi connectivity index (χ4v) is 4.06. The number of thioether (sulfide) groups is 1. The molecule has 5 nitrogen and oxygen atoms in total. The zero-order valence-corrected chi connectivity index (χ0v) is 16.6. The van der Waals surface area contributed by atoms with Gasteiger partial charge in [-0.25, -0.2) is 9.38 Å². The summed E-state index contributed by atoms with van der Waals surface area (Å²) in [6, 6.07) is 13.7. The predicted octanol–water partition coefficient (Wildman–Crippen LogP) is 4.50. The van der Waals surface area contributed by atoms with Crippen LogP contribution < -0.4 is 5.32 Å². The molecule has 0 saturated carbocycles. The van der Waals surface area contributed by atoms with Crippen LogP contribution in [0.3, 0.4) is 0 Å². The summed E-state index contributed by atoms with van der Waals surface area (Å²) in [6.45, 7) is 4.49. The highest BCUT2D eigenvalue weighted by Crippen LogP contribution is 2.32. The van der Waals surface area contributed by atoms with Crippen molar-refractivity contribution in [3.63, 3.8) is 0 Å². The lowest BCUT2D eigenvalue weighted by molar-refractivity contribution is -0.128. The van der Waals surface area contributed by atoms with Gasteiger partial charge < -0.3 is 5.32 Å². The second kappa shape index (κ2) is 9.01. The van der Waals surface area contributed by atoms with Crippen molar-refractivity contribution in [2.24, 2.45) is 4.99 Å². The number of aliphatic imine (C=N–C) groups is 1. The number of hydrogen-bond acceptors (Lipinski definition) is 4. The van der Waals surface area contributed by atoms with Gasteiger partial charge in [0.2, 0.25) is 11.8 Å². The van der Waals surface area contributed by atoms with E-state index in [9.17, 15) is 14.0 Å². The van der Waals surface area contributed by atoms with E-state index in [-0.39, 0.29) is 18.0 Å². The van der Waals surface area contributed by atoms with Crippen LogP contribution in [0.2, 0.25) is 0 Å². The molecule has 3 rings (SSSR count). The Morgan fingerprint density at radius 2 is 1.93 bits per heavy atom. The molecule has 0 aromatic heterocycles. The van der Waals surface area contributed by atoms with E-state index in [1.165, 1.54) is 23.9 Å². The molecule has 0 spiro atoms. The third-order valence-corrected chi connectivity index (χ3v) is 5.49. The molecule has 0 radical (unpaired) electrons. The van der Waals surface area contributed by atoms with Gasteiger partial charge in [-0.05, 0) is 37.1 Å². The topological polar surface area (TPSA) is 61.8 Å². The number of aryl methyl sites for hydroxylation is 1. The molecule has 0 bridgehead atoms. The Labute approximate surface area is 168 Å². The Balaban J connectivity index is 1.75. The number of anilines is 1. The number of amides is 2. The zero-order valence-electron chi connectivity index (χ0n) is 15.8. The van der Waals surface area contributed by atoms with Gasteiger partial charge in [-0.1, -0.05) is 49.0 Å². The Morgan fingerprint density at radius 3 is 2.64 bits per heavy atom. The van der Waals surface area contributed by atoms with Crippen LogP contribution in [0, 0.1) is 12.7 Å². The van der Waals surface area contributed by atoms with Gasteiger partial charge in [0.05, 0.1) is 11.4 Å². The molecule has 7 heteroatoms. The van der Waals surface area contributed by atoms with Gasteiger partial charge in [0.1, 0.15) is 11.1 Å². The van der Waals surface area contributed by atoms with E-state index >= 15 is 0 Å². The van der Waals surface area contributed by atoms with E-state index in [1.807, 2.05) is 38.1 Å². The van der Waals surface area contributed by atoms with Crippen LogP contribution in [0.4, 0.5) is 15.8 Å². The summed E-state index contributed by atoms with van der Waals surface area (Å²) in [6.07, 6.45) is 0.748. The van der Waals surface area contributed by atoms with Gasteiger partial charge in [0.15, 0.2) is 5.17 Å². The van der Waals surface area contributed by atoms with Crippen molar-refractivity contribution in [1.82, 2.24) is 4.90 Å². The first-order valence-corrected chi connectivity index (χ1v) is 10.0. The first-order valence-electron chi connectivity index (χ1n) is 9.16. The van der Waals surface area contributed by atoms with Gasteiger partial charge in [-0.3, -0.25) is 14.5 Å². The number of amidine groups is 1. The predicted molar refractivity (Wildman–Crippen MR) is 111 cm³/mol. The highest BCUT2D eigenvalue weighted by atomic mass is 32.2. The maximum Gasteiger partial charge on any atom is 0.242 e. The lowest BCUT2D eigenvalue weighted by atomic mass is 10.2. The minimum atomic E-state index is -0.568. The molecule has 1 aliphatic rings. The van der Waals surface area contributed by atoms with Crippen molar-refractivity contribution >= 4 is 40.1 Å². The van der Waals surface area contributed by atoms with Crippen LogP contribution in [0.15, 0.2) is 53.5 Å². The Kier molecular flexibility index (Phi) is 6.46. The summed E-state index contributed by atoms with van der Waals surface area (Å²) >= 11 is 1.29. The standard InChI is InChI=1S/C21H22FN3O2S/c1-3-12-25-20(27)18(13-19(26)23-17-11-7-5-9-15(17)22)28-21(25)24-16-10-6-4-8-14(16)2/h4-11,18H,3,12-13H2,1-2H3,(H,23,26). The number of carbonyl (C=O) groups is 2. The Morgan fingerprint density at radius 1 is 1.21 bits per heavy atom. The first-order chi connectivity index (χ1) is 13.5. The number of rotatable bonds is 6. The molecule has 146 valence electrons. The molecular formula is C21H22FN3O2S. The number of benzene rings is 2. The molecule has 2 aromatic rings. The van der Waals surface area contributed by atoms with Crippen molar-refractivity contribution in [1.29, 1.82) is 0 Å². The molecule has 1 atom stereocenters. The van der Waals surface area contributed by atoms with E-state index in [0.29, 0.717) is 11.7 Å². The first kappa shape index (κ1) is 20.1. The molecule has 1 saturated heterocycles. The van der Waals surface area contributed by atoms with Crippen LogP contribution in [0.1, 0.15) is 25.3 Å². The Bertz CT molecular complexity index is 916. The van der Waals surface area contributed by atoms with E-state index in [4.69, 9.17) is 0 Å². The molecule has 1 heterocycles. The summed E-state index contributed by atoms with van der Waals surface area (Å²) < 4.78 is 13.7. The monoisotopic (exact) mass is 399 g/mol. The summed E-state index contributed by atoms with van der Waals surface area (Å²) in [4.78, 5) is 31.4. The highest BCUT2D eigenvalue weighted by molar-refractivity contribution is 8.15. The normalized spacial score (nSPS) is 18.0. The quantitative estimate of drug-likeness (QED) is 0.778. The van der Waals surface area contributed by atoms with Gasteiger partial charge in [0, 0.05) is 13.0 Å². The molecule has 2 aromatic carbocycles. The van der Waals surface area contributed by atoms with Gasteiger partial charge in [-0.15, -0.1) is 0 Å². The summed E-state index contributed by atoms with van der Waals surface area (Å²) in [5.74, 6) is -1.04. The van der Waals surface area contributed by atoms with E-state index in [0.717, 1.165) is 17.7 Å². The zero-order chi connectivity index (χ0) is 20.1. The number of carbonyl (C=O) groups excluding carboxylic acids is 2. The fraction of sp³-hybridized carbons (Fsp3) is 0.286. The molecule has 28 heavy (non-hydrogen) atoms. The van der Waals surface area contributed by atoms with Gasteiger partial charge >= 0.3 is 0 Å². The van der Waals surface area contributed by atoms with Gasteiger partial charge in [-0.2, -0.15) is 0 Å². The lowest BCUT2D eigenvalue weighted by Crippen LogP contribution is -2.34. The lowest BCUT2D eigenvalue weighted by Gasteiger charge is -2.15. The van der Waals surface area contributed by atoms with Crippen LogP contribution in [0.25, 0.3) is 0 Å². The van der Waals surface area contributed by atoms with Crippen molar-refractivity contribution < 1.29 is 14.0 Å². The van der Waals surface area contributed by atoms with Crippen molar-refractivity contribution in [2.45, 2.75) is 31.9 Å². The van der Waals surface area contributed by atoms with Crippen LogP contribution in [0.5, 0.6) is 0 Å². The Hall–Kier alpha value is -2.67. The van der Waals surface area contributed by atoms with E-state index < -0.39 is 17.0 Å². The number of hydrogen-bond donors (Lipinski definition) is 1. The number of para-hydroxylation sites is 2. The molecule has 1 N–H and O–H groups in total. The average molecular weight is 399 g/mol. The molecule has 2 amide bonds. The van der Waals surface area contributed by atoms with E-state index in [1.54, 1.807) is 17.0 Å². The summed E-state index contributed by atoms with van der Waals surface area (Å²) in [7, 11) is 0. The third kappa shape index (κ3) is 4.59. The minimum absolute atomic E-state index is 0.0369. The van der Waals surface area contributed by atoms with Crippen LogP contribution in [-0.4, -0.2) is 33.7 Å². The van der Waals surface area contributed by atoms with Crippen molar-refractivity contribution in [2.75, 3.05) is 11.9 Å². The molecule has 0 aliphatic carbocycles. The molecular weight excluding hydrogens is 377 g/mol. The van der Waals surface area contributed by atoms with Crippen molar-refractivity contribution in [3.8, 4) is 0 Å². The average Bonchev–Trinajstić information content (AvgIpc) is 2.94. The van der Waals surface area contributed by atoms with Crippen molar-refractivity contribution in [3.05, 3.63) is 59.9 Å². The number of halogens is 1. The SMILES string of the molecule is CCCN1C(=O)C(CC(=O)Nc2ccccc2F)SC1=Nc1ccccc1C. The highest BCUT2D eigenvalue weighted by Gasteiger charge is 2.38. The summed E-state index contributed by atoms with van der Waals surface area (Å²) in [5, 5.41) is 2.57. The smallest absolute Gasteiger partial charge is 0.242 e. The molecule has 1 fully saturated rings. The summed E-state index contributed by atoms with van der Waals surface area (Å²) in [5.41, 5.74) is 1.93. The minimum Gasteiger partial charge on any atom is -0.324 e. The maximum absolute atomic E-state index is 13.7. The molecule has 1 unspecified atom stereocenters. The third-order valence-electron chi connectivity index (χ3n) is 4.32. The maximum atomic E-state index is 13.7. The second-order valence-corrected chi connectivity index (χ2v) is 7.68. The van der Waals surface area contributed by atoms with Crippen LogP contribution in [-0.2, 0) is 9.59 Å². The molecule has 1 aliphatic heterocycles. The second-order valence-electron chi connectivity index (χ2n) is 6.51.